The van der Waals surface area contributed by atoms with E-state index in [1.54, 1.807) is 12.1 Å². The number of carboxylic acids is 1. The van der Waals surface area contributed by atoms with Crippen LogP contribution in [0.25, 0.3) is 0 Å². The molecule has 2 aromatic carbocycles. The Balaban J connectivity index is 2.16. The third-order valence-electron chi connectivity index (χ3n) is 2.97. The van der Waals surface area contributed by atoms with Crippen LogP contribution in [0.2, 0.25) is 0 Å². The summed E-state index contributed by atoms with van der Waals surface area (Å²) in [5.74, 6) is -1.45. The van der Waals surface area contributed by atoms with Gasteiger partial charge in [-0.2, -0.15) is 0 Å². The molecule has 0 bridgehead atoms. The van der Waals surface area contributed by atoms with E-state index in [-0.39, 0.29) is 12.3 Å². The molecule has 6 heteroatoms. The molecular formula is C15H14FNO4. The second-order valence-electron chi connectivity index (χ2n) is 4.35. The third-order valence-corrected chi connectivity index (χ3v) is 2.97. The fourth-order valence-corrected chi connectivity index (χ4v) is 1.83. The van der Waals surface area contributed by atoms with E-state index in [1.165, 1.54) is 25.3 Å². The fraction of sp³-hybridized carbons (Fsp3) is 0.133. The van der Waals surface area contributed by atoms with Crippen LogP contribution in [0.15, 0.2) is 36.4 Å². The van der Waals surface area contributed by atoms with Gasteiger partial charge in [0, 0.05) is 17.8 Å². The van der Waals surface area contributed by atoms with E-state index in [9.17, 15) is 14.3 Å². The van der Waals surface area contributed by atoms with Crippen LogP contribution in [0.4, 0.5) is 10.1 Å². The van der Waals surface area contributed by atoms with Crippen LogP contribution in [0.5, 0.6) is 11.5 Å². The van der Waals surface area contributed by atoms with E-state index in [1.807, 2.05) is 0 Å². The van der Waals surface area contributed by atoms with E-state index in [2.05, 4.69) is 5.32 Å². The van der Waals surface area contributed by atoms with E-state index in [0.717, 1.165) is 6.07 Å². The minimum atomic E-state index is -1.33. The normalized spacial score (nSPS) is 10.2. The highest BCUT2D eigenvalue weighted by Gasteiger charge is 2.11. The summed E-state index contributed by atoms with van der Waals surface area (Å²) in [5, 5.41) is 21.5. The largest absolute Gasteiger partial charge is 0.508 e. The maximum Gasteiger partial charge on any atom is 0.338 e. The molecule has 0 saturated heterocycles. The van der Waals surface area contributed by atoms with Crippen LogP contribution in [0.1, 0.15) is 15.9 Å². The number of halogens is 1. The monoisotopic (exact) mass is 291 g/mol. The van der Waals surface area contributed by atoms with Crippen molar-refractivity contribution in [2.24, 2.45) is 0 Å². The van der Waals surface area contributed by atoms with Crippen LogP contribution in [0, 0.1) is 5.82 Å². The summed E-state index contributed by atoms with van der Waals surface area (Å²) in [5.41, 5.74) is 0.612. The van der Waals surface area contributed by atoms with Gasteiger partial charge in [0.15, 0.2) is 0 Å². The first kappa shape index (κ1) is 14.6. The first-order chi connectivity index (χ1) is 10.0. The summed E-state index contributed by atoms with van der Waals surface area (Å²) in [6.07, 6.45) is 0. The molecule has 0 aliphatic rings. The van der Waals surface area contributed by atoms with Crippen molar-refractivity contribution in [3.8, 4) is 11.5 Å². The van der Waals surface area contributed by atoms with Crippen molar-refractivity contribution < 1.29 is 24.1 Å². The van der Waals surface area contributed by atoms with Crippen molar-refractivity contribution in [2.75, 3.05) is 12.4 Å². The number of carbonyl (C=O) groups is 1. The van der Waals surface area contributed by atoms with Crippen LogP contribution < -0.4 is 10.1 Å². The first-order valence-electron chi connectivity index (χ1n) is 6.14. The highest BCUT2D eigenvalue weighted by Crippen LogP contribution is 2.24. The number of methoxy groups -OCH3 is 1. The van der Waals surface area contributed by atoms with Gasteiger partial charge in [-0.15, -0.1) is 0 Å². The second kappa shape index (κ2) is 6.13. The zero-order chi connectivity index (χ0) is 15.4. The average Bonchev–Trinajstić information content (AvgIpc) is 2.47. The van der Waals surface area contributed by atoms with Gasteiger partial charge in [-0.05, 0) is 36.4 Å². The zero-order valence-electron chi connectivity index (χ0n) is 11.3. The van der Waals surface area contributed by atoms with Crippen LogP contribution in [0.3, 0.4) is 0 Å². The Morgan fingerprint density at radius 2 is 2.05 bits per heavy atom. The molecule has 0 unspecified atom stereocenters. The maximum absolute atomic E-state index is 13.3. The maximum atomic E-state index is 13.3. The Bertz CT molecular complexity index is 673. The molecule has 5 nitrogen and oxygen atoms in total. The quantitative estimate of drug-likeness (QED) is 0.789. The van der Waals surface area contributed by atoms with Gasteiger partial charge in [-0.25, -0.2) is 9.18 Å². The van der Waals surface area contributed by atoms with Crippen molar-refractivity contribution in [2.45, 2.75) is 6.54 Å². The Kier molecular flexibility index (Phi) is 4.27. The lowest BCUT2D eigenvalue weighted by Crippen LogP contribution is -2.04. The number of phenols is 1. The van der Waals surface area contributed by atoms with E-state index in [4.69, 9.17) is 9.84 Å². The number of carboxylic acid groups (broad SMARTS) is 1. The molecule has 0 aliphatic heterocycles. The molecule has 0 amide bonds. The van der Waals surface area contributed by atoms with Gasteiger partial charge in [0.1, 0.15) is 17.3 Å². The number of hydrogen-bond acceptors (Lipinski definition) is 4. The predicted molar refractivity (Wildman–Crippen MR) is 75.3 cm³/mol. The summed E-state index contributed by atoms with van der Waals surface area (Å²) >= 11 is 0. The SMILES string of the molecule is COc1ccc(O)c(CNc2ccc(F)c(C(=O)O)c2)c1. The molecule has 0 atom stereocenters. The molecule has 2 rings (SSSR count). The van der Waals surface area contributed by atoms with Crippen molar-refractivity contribution in [3.05, 3.63) is 53.3 Å². The number of anilines is 1. The number of benzene rings is 2. The van der Waals surface area contributed by atoms with E-state index >= 15 is 0 Å². The van der Waals surface area contributed by atoms with Gasteiger partial charge in [0.2, 0.25) is 0 Å². The summed E-state index contributed by atoms with van der Waals surface area (Å²) in [7, 11) is 1.52. The number of rotatable bonds is 5. The summed E-state index contributed by atoms with van der Waals surface area (Å²) < 4.78 is 18.3. The Morgan fingerprint density at radius 1 is 1.29 bits per heavy atom. The molecule has 0 heterocycles. The lowest BCUT2D eigenvalue weighted by atomic mass is 10.1. The Morgan fingerprint density at radius 3 is 2.71 bits per heavy atom. The lowest BCUT2D eigenvalue weighted by Gasteiger charge is -2.10. The number of phenolic OH excluding ortho intramolecular Hbond substituents is 1. The van der Waals surface area contributed by atoms with Crippen molar-refractivity contribution >= 4 is 11.7 Å². The van der Waals surface area contributed by atoms with Crippen LogP contribution in [-0.4, -0.2) is 23.3 Å². The Hall–Kier alpha value is -2.76. The van der Waals surface area contributed by atoms with Gasteiger partial charge in [-0.3, -0.25) is 0 Å². The van der Waals surface area contributed by atoms with Gasteiger partial charge in [0.05, 0.1) is 12.7 Å². The fourth-order valence-electron chi connectivity index (χ4n) is 1.83. The molecule has 0 fully saturated rings. The number of ether oxygens (including phenoxy) is 1. The summed E-state index contributed by atoms with van der Waals surface area (Å²) in [4.78, 5) is 10.9. The molecule has 0 spiro atoms. The van der Waals surface area contributed by atoms with Crippen molar-refractivity contribution in [3.63, 3.8) is 0 Å². The molecule has 110 valence electrons. The van der Waals surface area contributed by atoms with Crippen molar-refractivity contribution in [1.82, 2.24) is 0 Å². The second-order valence-corrected chi connectivity index (χ2v) is 4.35. The summed E-state index contributed by atoms with van der Waals surface area (Å²) in [6, 6.07) is 8.50. The molecule has 21 heavy (non-hydrogen) atoms. The van der Waals surface area contributed by atoms with Gasteiger partial charge >= 0.3 is 5.97 Å². The highest BCUT2D eigenvalue weighted by atomic mass is 19.1. The van der Waals surface area contributed by atoms with Crippen LogP contribution in [-0.2, 0) is 6.54 Å². The topological polar surface area (TPSA) is 78.8 Å². The highest BCUT2D eigenvalue weighted by molar-refractivity contribution is 5.89. The standard InChI is InChI=1S/C15H14FNO4/c1-21-11-3-5-14(18)9(6-11)8-17-10-2-4-13(16)12(7-10)15(19)20/h2-7,17-18H,8H2,1H3,(H,19,20). The number of nitrogens with one attached hydrogen (secondary N) is 1. The van der Waals surface area contributed by atoms with E-state index in [0.29, 0.717) is 17.0 Å². The van der Waals surface area contributed by atoms with E-state index < -0.39 is 17.3 Å². The third kappa shape index (κ3) is 3.42. The molecule has 0 aliphatic carbocycles. The minimum absolute atomic E-state index is 0.0869. The molecular weight excluding hydrogens is 277 g/mol. The van der Waals surface area contributed by atoms with Gasteiger partial charge < -0.3 is 20.3 Å². The molecule has 0 saturated carbocycles. The Labute approximate surface area is 120 Å². The van der Waals surface area contributed by atoms with Gasteiger partial charge in [-0.1, -0.05) is 0 Å². The molecule has 0 radical (unpaired) electrons. The average molecular weight is 291 g/mol. The predicted octanol–water partition coefficient (Wildman–Crippen LogP) is 2.85. The minimum Gasteiger partial charge on any atom is -0.508 e. The number of aromatic carboxylic acids is 1. The van der Waals surface area contributed by atoms with Crippen LogP contribution >= 0.6 is 0 Å². The first-order valence-corrected chi connectivity index (χ1v) is 6.14. The number of aromatic hydroxyl groups is 1. The molecule has 2 aromatic rings. The lowest BCUT2D eigenvalue weighted by molar-refractivity contribution is 0.0692. The molecule has 3 N–H and O–H groups in total. The molecule has 0 aromatic heterocycles. The summed E-state index contributed by atoms with van der Waals surface area (Å²) in [6.45, 7) is 0.244. The van der Waals surface area contributed by atoms with Gasteiger partial charge in [0.25, 0.3) is 0 Å². The number of hydrogen-bond donors (Lipinski definition) is 3. The zero-order valence-corrected chi connectivity index (χ0v) is 11.3. The smallest absolute Gasteiger partial charge is 0.338 e. The van der Waals surface area contributed by atoms with Crippen molar-refractivity contribution in [1.29, 1.82) is 0 Å².